The lowest BCUT2D eigenvalue weighted by atomic mass is 10.0. The summed E-state index contributed by atoms with van der Waals surface area (Å²) in [7, 11) is 0. The molecule has 1 saturated heterocycles. The molecule has 1 aliphatic heterocycles. The molecule has 2 atom stereocenters. The number of carbonyl (C=O) groups is 1. The second-order valence-corrected chi connectivity index (χ2v) is 4.73. The van der Waals surface area contributed by atoms with Gasteiger partial charge in [0.15, 0.2) is 0 Å². The minimum absolute atomic E-state index is 0.261. The van der Waals surface area contributed by atoms with E-state index < -0.39 is 6.10 Å². The molecule has 1 fully saturated rings. The molecular formula is C13H19N3O2. The van der Waals surface area contributed by atoms with E-state index in [4.69, 9.17) is 5.73 Å². The zero-order valence-corrected chi connectivity index (χ0v) is 10.5. The van der Waals surface area contributed by atoms with Crippen molar-refractivity contribution < 1.29 is 9.90 Å². The highest BCUT2D eigenvalue weighted by Gasteiger charge is 2.27. The van der Waals surface area contributed by atoms with Crippen molar-refractivity contribution in [3.8, 4) is 0 Å². The number of amides is 1. The Hall–Kier alpha value is -1.62. The van der Waals surface area contributed by atoms with Crippen molar-refractivity contribution in [2.75, 3.05) is 11.4 Å². The Labute approximate surface area is 107 Å². The van der Waals surface area contributed by atoms with E-state index in [2.05, 4.69) is 4.98 Å². The summed E-state index contributed by atoms with van der Waals surface area (Å²) in [5.74, 6) is 0.457. The number of anilines is 1. The summed E-state index contributed by atoms with van der Waals surface area (Å²) < 4.78 is 0. The first-order valence-corrected chi connectivity index (χ1v) is 6.29. The highest BCUT2D eigenvalue weighted by molar-refractivity contribution is 5.83. The number of aromatic nitrogens is 1. The molecule has 0 saturated carbocycles. The Bertz CT molecular complexity index is 417. The van der Waals surface area contributed by atoms with Crippen molar-refractivity contribution in [3.63, 3.8) is 0 Å². The molecule has 1 amide bonds. The van der Waals surface area contributed by atoms with E-state index in [0.717, 1.165) is 37.2 Å². The largest absolute Gasteiger partial charge is 0.389 e. The van der Waals surface area contributed by atoms with Crippen molar-refractivity contribution in [1.29, 1.82) is 0 Å². The molecule has 3 N–H and O–H groups in total. The molecule has 0 radical (unpaired) electrons. The zero-order valence-electron chi connectivity index (χ0n) is 10.5. The molecule has 1 aliphatic rings. The van der Waals surface area contributed by atoms with Crippen LogP contribution in [0.4, 0.5) is 5.82 Å². The molecule has 2 heterocycles. The van der Waals surface area contributed by atoms with Gasteiger partial charge >= 0.3 is 0 Å². The zero-order chi connectivity index (χ0) is 13.1. The van der Waals surface area contributed by atoms with Crippen molar-refractivity contribution in [2.45, 2.75) is 38.3 Å². The summed E-state index contributed by atoms with van der Waals surface area (Å²) in [6.45, 7) is 2.50. The molecule has 1 aromatic heterocycles. The summed E-state index contributed by atoms with van der Waals surface area (Å²) in [6.07, 6.45) is 3.97. The molecular weight excluding hydrogens is 230 g/mol. The second kappa shape index (κ2) is 5.35. The first kappa shape index (κ1) is 12.8. The number of nitrogens with zero attached hydrogens (tertiary/aromatic N) is 2. The van der Waals surface area contributed by atoms with Crippen LogP contribution in [0.1, 0.15) is 37.9 Å². The highest BCUT2D eigenvalue weighted by Crippen LogP contribution is 2.24. The van der Waals surface area contributed by atoms with Gasteiger partial charge in [-0.15, -0.1) is 0 Å². The van der Waals surface area contributed by atoms with Crippen LogP contribution in [-0.4, -0.2) is 28.6 Å². The molecule has 0 aromatic carbocycles. The fraction of sp³-hybridized carbons (Fsp3) is 0.538. The number of aliphatic hydroxyl groups excluding tert-OH is 1. The fourth-order valence-electron chi connectivity index (χ4n) is 2.32. The summed E-state index contributed by atoms with van der Waals surface area (Å²) >= 11 is 0. The van der Waals surface area contributed by atoms with Gasteiger partial charge in [0.2, 0.25) is 5.91 Å². The number of pyridine rings is 1. The highest BCUT2D eigenvalue weighted by atomic mass is 16.3. The van der Waals surface area contributed by atoms with E-state index in [1.807, 2.05) is 17.0 Å². The van der Waals surface area contributed by atoms with Gasteiger partial charge in [-0.3, -0.25) is 4.79 Å². The van der Waals surface area contributed by atoms with Crippen LogP contribution >= 0.6 is 0 Å². The quantitative estimate of drug-likeness (QED) is 0.837. The van der Waals surface area contributed by atoms with Gasteiger partial charge < -0.3 is 15.7 Å². The molecule has 2 rings (SSSR count). The molecule has 0 spiro atoms. The van der Waals surface area contributed by atoms with Crippen LogP contribution in [-0.2, 0) is 4.79 Å². The van der Waals surface area contributed by atoms with E-state index in [1.54, 1.807) is 13.1 Å². The van der Waals surface area contributed by atoms with E-state index in [-0.39, 0.29) is 11.9 Å². The lowest BCUT2D eigenvalue weighted by molar-refractivity contribution is -0.119. The maximum atomic E-state index is 11.4. The number of carbonyl (C=O) groups excluding carboxylic acids is 1. The normalized spacial score (nSPS) is 21.7. The second-order valence-electron chi connectivity index (χ2n) is 4.73. The Kier molecular flexibility index (Phi) is 3.81. The third-order valence-corrected chi connectivity index (χ3v) is 3.38. The molecule has 5 heteroatoms. The topological polar surface area (TPSA) is 79.5 Å². The molecule has 0 bridgehead atoms. The molecule has 2 unspecified atom stereocenters. The van der Waals surface area contributed by atoms with Crippen LogP contribution < -0.4 is 10.6 Å². The van der Waals surface area contributed by atoms with Crippen molar-refractivity contribution in [3.05, 3.63) is 23.9 Å². The van der Waals surface area contributed by atoms with Gasteiger partial charge in [0.25, 0.3) is 0 Å². The third kappa shape index (κ3) is 2.61. The summed E-state index contributed by atoms with van der Waals surface area (Å²) in [4.78, 5) is 17.7. The van der Waals surface area contributed by atoms with Gasteiger partial charge in [-0.05, 0) is 37.8 Å². The van der Waals surface area contributed by atoms with Gasteiger partial charge in [-0.2, -0.15) is 0 Å². The standard InChI is InChI=1S/C13H19N3O2/c1-9(17)10-5-6-12(15-8-10)16-7-3-2-4-11(16)13(14)18/h5-6,8-9,11,17H,2-4,7H2,1H3,(H2,14,18). The van der Waals surface area contributed by atoms with Crippen LogP contribution in [0.5, 0.6) is 0 Å². The number of hydrogen-bond donors (Lipinski definition) is 2. The number of primary amides is 1. The molecule has 18 heavy (non-hydrogen) atoms. The maximum absolute atomic E-state index is 11.4. The average molecular weight is 249 g/mol. The lowest BCUT2D eigenvalue weighted by Gasteiger charge is -2.34. The predicted molar refractivity (Wildman–Crippen MR) is 69.1 cm³/mol. The van der Waals surface area contributed by atoms with Crippen LogP contribution in [0, 0.1) is 0 Å². The van der Waals surface area contributed by atoms with E-state index in [0.29, 0.717) is 0 Å². The first-order valence-electron chi connectivity index (χ1n) is 6.29. The Morgan fingerprint density at radius 1 is 1.56 bits per heavy atom. The van der Waals surface area contributed by atoms with Crippen LogP contribution in [0.3, 0.4) is 0 Å². The van der Waals surface area contributed by atoms with Gasteiger partial charge in [0, 0.05) is 12.7 Å². The monoisotopic (exact) mass is 249 g/mol. The minimum atomic E-state index is -0.528. The van der Waals surface area contributed by atoms with Crippen molar-refractivity contribution in [1.82, 2.24) is 4.98 Å². The molecule has 98 valence electrons. The molecule has 5 nitrogen and oxygen atoms in total. The van der Waals surface area contributed by atoms with Gasteiger partial charge in [-0.25, -0.2) is 4.98 Å². The average Bonchev–Trinajstić information content (AvgIpc) is 2.39. The van der Waals surface area contributed by atoms with Crippen LogP contribution in [0.2, 0.25) is 0 Å². The number of aliphatic hydroxyl groups is 1. The molecule has 0 aliphatic carbocycles. The van der Waals surface area contributed by atoms with Crippen LogP contribution in [0.25, 0.3) is 0 Å². The smallest absolute Gasteiger partial charge is 0.240 e. The minimum Gasteiger partial charge on any atom is -0.389 e. The number of piperidine rings is 1. The summed E-state index contributed by atoms with van der Waals surface area (Å²) in [5.41, 5.74) is 6.19. The van der Waals surface area contributed by atoms with E-state index >= 15 is 0 Å². The van der Waals surface area contributed by atoms with Crippen molar-refractivity contribution >= 4 is 11.7 Å². The van der Waals surface area contributed by atoms with E-state index in [1.165, 1.54) is 0 Å². The number of rotatable bonds is 3. The van der Waals surface area contributed by atoms with Gasteiger partial charge in [0.1, 0.15) is 11.9 Å². The summed E-state index contributed by atoms with van der Waals surface area (Å²) in [6, 6.07) is 3.41. The van der Waals surface area contributed by atoms with Gasteiger partial charge in [0.05, 0.1) is 6.10 Å². The number of nitrogens with two attached hydrogens (primary N) is 1. The maximum Gasteiger partial charge on any atom is 0.240 e. The first-order chi connectivity index (χ1) is 8.59. The Balaban J connectivity index is 2.20. The number of hydrogen-bond acceptors (Lipinski definition) is 4. The lowest BCUT2D eigenvalue weighted by Crippen LogP contribution is -2.48. The predicted octanol–water partition coefficient (Wildman–Crippen LogP) is 0.979. The van der Waals surface area contributed by atoms with Crippen molar-refractivity contribution in [2.24, 2.45) is 5.73 Å². The third-order valence-electron chi connectivity index (χ3n) is 3.38. The van der Waals surface area contributed by atoms with Gasteiger partial charge in [-0.1, -0.05) is 6.07 Å². The van der Waals surface area contributed by atoms with Crippen LogP contribution in [0.15, 0.2) is 18.3 Å². The SMILES string of the molecule is CC(O)c1ccc(N2CCCCC2C(N)=O)nc1. The van der Waals surface area contributed by atoms with E-state index in [9.17, 15) is 9.90 Å². The Morgan fingerprint density at radius 2 is 2.33 bits per heavy atom. The molecule has 1 aromatic rings. The summed E-state index contributed by atoms with van der Waals surface area (Å²) in [5, 5.41) is 9.44. The fourth-order valence-corrected chi connectivity index (χ4v) is 2.32. The Morgan fingerprint density at radius 3 is 2.89 bits per heavy atom.